The Hall–Kier alpha value is -1.97. The second kappa shape index (κ2) is 6.42. The van der Waals surface area contributed by atoms with Crippen molar-refractivity contribution in [2.45, 2.75) is 12.5 Å². The van der Waals surface area contributed by atoms with Crippen molar-refractivity contribution in [3.8, 4) is 5.75 Å². The van der Waals surface area contributed by atoms with Gasteiger partial charge in [0.25, 0.3) is 5.78 Å². The van der Waals surface area contributed by atoms with Gasteiger partial charge in [0.15, 0.2) is 0 Å². The van der Waals surface area contributed by atoms with Crippen molar-refractivity contribution in [3.63, 3.8) is 0 Å². The molecule has 122 valence electrons. The van der Waals surface area contributed by atoms with Crippen molar-refractivity contribution in [1.82, 2.24) is 0 Å². The number of hydrogen-bond donors (Lipinski definition) is 1. The largest absolute Gasteiger partial charge is 0.573 e. The Balaban J connectivity index is 3.38. The van der Waals surface area contributed by atoms with Crippen LogP contribution in [0.5, 0.6) is 5.75 Å². The minimum Gasteiger partial charge on any atom is -0.406 e. The molecule has 22 heavy (non-hydrogen) atoms. The Morgan fingerprint density at radius 3 is 2.27 bits per heavy atom. The van der Waals surface area contributed by atoms with E-state index in [0.717, 1.165) is 6.07 Å². The Labute approximate surface area is 124 Å². The second-order valence-corrected chi connectivity index (χ2v) is 4.06. The predicted molar refractivity (Wildman–Crippen MR) is 65.5 cm³/mol. The number of nitrogens with zero attached hydrogens (tertiary/aromatic N) is 1. The number of Topliss-reactive ketones (excluding diaryl/α,β-unsaturated/α-hetero) is 1. The molecular weight excluding hydrogens is 342 g/mol. The molecule has 0 aliphatic rings. The highest BCUT2D eigenvalue weighted by Crippen LogP contribution is 2.33. The molecule has 0 spiro atoms. The zero-order chi connectivity index (χ0) is 17.1. The number of ketones is 1. The quantitative estimate of drug-likeness (QED) is 0.297. The number of hydrogen-bond acceptors (Lipinski definition) is 3. The van der Waals surface area contributed by atoms with E-state index in [-0.39, 0.29) is 17.8 Å². The van der Waals surface area contributed by atoms with Crippen molar-refractivity contribution in [1.29, 1.82) is 0 Å². The van der Waals surface area contributed by atoms with Crippen LogP contribution in [-0.2, 0) is 0 Å². The van der Waals surface area contributed by atoms with Crippen LogP contribution in [0.15, 0.2) is 23.2 Å². The van der Waals surface area contributed by atoms with E-state index in [1.807, 2.05) is 0 Å². The summed E-state index contributed by atoms with van der Waals surface area (Å²) in [4.78, 5) is 14.7. The number of halogens is 7. The first-order valence-corrected chi connectivity index (χ1v) is 5.88. The number of amidine groups is 1. The molecule has 0 heterocycles. The first-order chi connectivity index (χ1) is 9.94. The number of alkyl halides is 7. The minimum absolute atomic E-state index is 0.281. The van der Waals surface area contributed by atoms with E-state index in [1.54, 1.807) is 0 Å². The summed E-state index contributed by atoms with van der Waals surface area (Å²) < 4.78 is 77.2. The molecular formula is C11H7ClF6N2O2. The average molecular weight is 349 g/mol. The average Bonchev–Trinajstić information content (AvgIpc) is 2.36. The molecule has 0 amide bonds. The van der Waals surface area contributed by atoms with Gasteiger partial charge in [0.05, 0.1) is 17.1 Å². The van der Waals surface area contributed by atoms with Crippen molar-refractivity contribution in [2.75, 3.05) is 5.88 Å². The van der Waals surface area contributed by atoms with Gasteiger partial charge in [-0.3, -0.25) is 4.79 Å². The Kier molecular flexibility index (Phi) is 5.28. The zero-order valence-electron chi connectivity index (χ0n) is 10.4. The van der Waals surface area contributed by atoms with Crippen molar-refractivity contribution in [3.05, 3.63) is 23.8 Å². The molecule has 1 aromatic rings. The van der Waals surface area contributed by atoms with Gasteiger partial charge in [0, 0.05) is 0 Å². The maximum atomic E-state index is 12.5. The van der Waals surface area contributed by atoms with Crippen LogP contribution >= 0.6 is 11.6 Å². The molecule has 11 heteroatoms. The fourth-order valence-electron chi connectivity index (χ4n) is 1.33. The fraction of sp³-hybridized carbons (Fsp3) is 0.273. The molecule has 0 aromatic heterocycles. The maximum Gasteiger partial charge on any atom is 0.573 e. The Morgan fingerprint density at radius 1 is 1.23 bits per heavy atom. The van der Waals surface area contributed by atoms with Gasteiger partial charge in [0.1, 0.15) is 11.6 Å². The first-order valence-electron chi connectivity index (χ1n) is 5.34. The van der Waals surface area contributed by atoms with Crippen LogP contribution in [0.4, 0.5) is 32.0 Å². The minimum atomic E-state index is -5.31. The number of ether oxygens (including phenoxy) is 1. The highest BCUT2D eigenvalue weighted by molar-refractivity contribution is 6.28. The predicted octanol–water partition coefficient (Wildman–Crippen LogP) is 3.56. The van der Waals surface area contributed by atoms with Gasteiger partial charge in [-0.1, -0.05) is 0 Å². The molecule has 1 rings (SSSR count). The van der Waals surface area contributed by atoms with Crippen LogP contribution in [0.1, 0.15) is 10.4 Å². The number of carbonyl (C=O) groups excluding carboxylic acids is 1. The highest BCUT2D eigenvalue weighted by Gasteiger charge is 2.41. The molecule has 0 aliphatic heterocycles. The molecule has 0 radical (unpaired) electrons. The van der Waals surface area contributed by atoms with Crippen molar-refractivity contribution < 1.29 is 35.9 Å². The van der Waals surface area contributed by atoms with Gasteiger partial charge in [-0.15, -0.1) is 24.8 Å². The second-order valence-electron chi connectivity index (χ2n) is 3.79. The van der Waals surface area contributed by atoms with E-state index in [4.69, 9.17) is 17.3 Å². The molecule has 2 N–H and O–H groups in total. The lowest BCUT2D eigenvalue weighted by atomic mass is 10.1. The molecule has 1 aromatic carbocycles. The van der Waals surface area contributed by atoms with Crippen LogP contribution in [0.2, 0.25) is 0 Å². The van der Waals surface area contributed by atoms with Crippen molar-refractivity contribution in [2.24, 2.45) is 10.7 Å². The third kappa shape index (κ3) is 5.10. The van der Waals surface area contributed by atoms with Gasteiger partial charge in [-0.05, 0) is 18.2 Å². The number of benzene rings is 1. The number of aliphatic imine (C=N–C) groups is 1. The lowest BCUT2D eigenvalue weighted by Crippen LogP contribution is -2.24. The standard InChI is InChI=1S/C11H7ClF6N2O2/c12-4-8(19)20-7-2-1-5(22-11(16,17)18)3-6(7)9(21)10(13,14)15/h1-3H,4H2,(H2,19,20). The fourth-order valence-corrected chi connectivity index (χ4v) is 1.39. The SMILES string of the molecule is NC(CCl)=Nc1ccc(OC(F)(F)F)cc1C(=O)C(F)(F)F. The summed E-state index contributed by atoms with van der Waals surface area (Å²) in [7, 11) is 0. The maximum absolute atomic E-state index is 12.5. The third-order valence-electron chi connectivity index (χ3n) is 2.10. The molecule has 0 unspecified atom stereocenters. The lowest BCUT2D eigenvalue weighted by Gasteiger charge is -2.12. The number of rotatable bonds is 4. The van der Waals surface area contributed by atoms with Crippen LogP contribution in [-0.4, -0.2) is 30.0 Å². The number of carbonyl (C=O) groups is 1. The summed E-state index contributed by atoms with van der Waals surface area (Å²) in [6.07, 6.45) is -10.4. The van der Waals surface area contributed by atoms with Crippen LogP contribution in [0.3, 0.4) is 0 Å². The smallest absolute Gasteiger partial charge is 0.406 e. The van der Waals surface area contributed by atoms with E-state index in [1.165, 1.54) is 0 Å². The lowest BCUT2D eigenvalue weighted by molar-refractivity contribution is -0.274. The van der Waals surface area contributed by atoms with Crippen LogP contribution in [0.25, 0.3) is 0 Å². The molecule has 0 aliphatic carbocycles. The molecule has 0 bridgehead atoms. The van der Waals surface area contributed by atoms with E-state index >= 15 is 0 Å². The van der Waals surface area contributed by atoms with Crippen molar-refractivity contribution >= 4 is 28.9 Å². The topological polar surface area (TPSA) is 64.7 Å². The van der Waals surface area contributed by atoms with Gasteiger partial charge in [0.2, 0.25) is 0 Å². The summed E-state index contributed by atoms with van der Waals surface area (Å²) in [6.45, 7) is 0. The van der Waals surface area contributed by atoms with Gasteiger partial charge < -0.3 is 10.5 Å². The van der Waals surface area contributed by atoms with E-state index in [9.17, 15) is 31.1 Å². The summed E-state index contributed by atoms with van der Waals surface area (Å²) in [5.41, 5.74) is 3.53. The molecule has 0 saturated carbocycles. The summed E-state index contributed by atoms with van der Waals surface area (Å²) in [5.74, 6) is -4.05. The van der Waals surface area contributed by atoms with Gasteiger partial charge in [-0.25, -0.2) is 4.99 Å². The van der Waals surface area contributed by atoms with E-state index in [0.29, 0.717) is 6.07 Å². The zero-order valence-corrected chi connectivity index (χ0v) is 11.2. The highest BCUT2D eigenvalue weighted by atomic mass is 35.5. The summed E-state index contributed by atoms with van der Waals surface area (Å²) in [6, 6.07) is 1.71. The molecule has 0 saturated heterocycles. The van der Waals surface area contributed by atoms with E-state index < -0.39 is 35.3 Å². The molecule has 4 nitrogen and oxygen atoms in total. The summed E-state index contributed by atoms with van der Waals surface area (Å²) in [5, 5.41) is 0. The van der Waals surface area contributed by atoms with Gasteiger partial charge in [-0.2, -0.15) is 13.2 Å². The van der Waals surface area contributed by atoms with E-state index in [2.05, 4.69) is 9.73 Å². The molecule has 0 atom stereocenters. The first kappa shape index (κ1) is 18.1. The molecule has 0 fully saturated rings. The Morgan fingerprint density at radius 2 is 1.82 bits per heavy atom. The third-order valence-corrected chi connectivity index (χ3v) is 2.38. The summed E-state index contributed by atoms with van der Waals surface area (Å²) >= 11 is 5.31. The normalized spacial score (nSPS) is 13.1. The van der Waals surface area contributed by atoms with Crippen LogP contribution in [0, 0.1) is 0 Å². The van der Waals surface area contributed by atoms with Crippen LogP contribution < -0.4 is 10.5 Å². The monoisotopic (exact) mass is 348 g/mol. The van der Waals surface area contributed by atoms with Gasteiger partial charge >= 0.3 is 12.5 Å². The Bertz CT molecular complexity index is 597. The number of nitrogens with two attached hydrogens (primary N) is 1.